The molecule has 88 valence electrons. The zero-order valence-corrected chi connectivity index (χ0v) is 9.99. The van der Waals surface area contributed by atoms with E-state index in [9.17, 15) is 4.79 Å². The van der Waals surface area contributed by atoms with Gasteiger partial charge in [0.25, 0.3) is 0 Å². The van der Waals surface area contributed by atoms with Crippen molar-refractivity contribution in [2.24, 2.45) is 0 Å². The molecule has 0 saturated carbocycles. The fraction of sp³-hybridized carbons (Fsp3) is 0.308. The minimum absolute atomic E-state index is 0.187. The van der Waals surface area contributed by atoms with Crippen molar-refractivity contribution < 1.29 is 14.6 Å². The Bertz CT molecular complexity index is 356. The number of carbonyl (C=O) groups is 1. The van der Waals surface area contributed by atoms with Crippen LogP contribution >= 0.6 is 0 Å². The summed E-state index contributed by atoms with van der Waals surface area (Å²) in [4.78, 5) is 10.8. The molecule has 0 unspecified atom stereocenters. The van der Waals surface area contributed by atoms with Crippen molar-refractivity contribution in [2.75, 3.05) is 6.61 Å². The van der Waals surface area contributed by atoms with E-state index in [2.05, 4.69) is 6.58 Å². The van der Waals surface area contributed by atoms with Crippen LogP contribution in [-0.2, 0) is 0 Å². The first-order chi connectivity index (χ1) is 7.65. The van der Waals surface area contributed by atoms with Gasteiger partial charge >= 0.3 is 5.97 Å². The minimum atomic E-state index is -0.979. The summed E-state index contributed by atoms with van der Waals surface area (Å²) in [6.45, 7) is 9.64. The number of ether oxygens (including phenoxy) is 1. The van der Waals surface area contributed by atoms with Crippen molar-refractivity contribution in [3.05, 3.63) is 42.0 Å². The molecule has 0 aromatic heterocycles. The van der Waals surface area contributed by atoms with Crippen LogP contribution in [-0.4, -0.2) is 17.7 Å². The molecule has 0 aliphatic rings. The highest BCUT2D eigenvalue weighted by Crippen LogP contribution is 2.19. The van der Waals surface area contributed by atoms with Crippen LogP contribution < -0.4 is 4.74 Å². The Morgan fingerprint density at radius 1 is 1.50 bits per heavy atom. The van der Waals surface area contributed by atoms with E-state index in [-0.39, 0.29) is 5.56 Å². The molecular formula is C13H18O3. The molecule has 0 saturated heterocycles. The van der Waals surface area contributed by atoms with Crippen molar-refractivity contribution in [3.8, 4) is 5.75 Å². The Morgan fingerprint density at radius 2 is 2.12 bits per heavy atom. The van der Waals surface area contributed by atoms with Crippen molar-refractivity contribution in [2.45, 2.75) is 20.8 Å². The van der Waals surface area contributed by atoms with E-state index in [1.165, 1.54) is 0 Å². The zero-order valence-electron chi connectivity index (χ0n) is 9.99. The van der Waals surface area contributed by atoms with Gasteiger partial charge in [-0.3, -0.25) is 0 Å². The van der Waals surface area contributed by atoms with Gasteiger partial charge in [0.2, 0.25) is 0 Å². The number of hydrogen-bond acceptors (Lipinski definition) is 2. The third-order valence-electron chi connectivity index (χ3n) is 1.72. The monoisotopic (exact) mass is 222 g/mol. The lowest BCUT2D eigenvalue weighted by atomic mass is 10.1. The first-order valence-corrected chi connectivity index (χ1v) is 5.23. The highest BCUT2D eigenvalue weighted by Gasteiger charge is 2.10. The summed E-state index contributed by atoms with van der Waals surface area (Å²) in [5, 5.41) is 8.88. The van der Waals surface area contributed by atoms with E-state index >= 15 is 0 Å². The maximum absolute atomic E-state index is 10.8. The Balaban J connectivity index is 0.00000106. The predicted octanol–water partition coefficient (Wildman–Crippen LogP) is 3.28. The summed E-state index contributed by atoms with van der Waals surface area (Å²) in [6, 6.07) is 5.05. The maximum atomic E-state index is 10.8. The van der Waals surface area contributed by atoms with Crippen molar-refractivity contribution in [1.29, 1.82) is 0 Å². The lowest BCUT2D eigenvalue weighted by Gasteiger charge is -2.07. The molecule has 0 spiro atoms. The number of carboxylic acids is 1. The molecule has 16 heavy (non-hydrogen) atoms. The van der Waals surface area contributed by atoms with Crippen molar-refractivity contribution in [1.82, 2.24) is 0 Å². The SMILES string of the molecule is C=CCOc1ccc(C)cc1C(=O)O.CC. The normalized spacial score (nSPS) is 8.69. The fourth-order valence-electron chi connectivity index (χ4n) is 1.09. The lowest BCUT2D eigenvalue weighted by Crippen LogP contribution is -2.03. The van der Waals surface area contributed by atoms with Crippen LogP contribution in [0.5, 0.6) is 5.75 Å². The molecule has 0 heterocycles. The van der Waals surface area contributed by atoms with Gasteiger partial charge in [-0.15, -0.1) is 0 Å². The lowest BCUT2D eigenvalue weighted by molar-refractivity contribution is 0.0692. The van der Waals surface area contributed by atoms with Crippen LogP contribution in [0.15, 0.2) is 30.9 Å². The number of aromatic carboxylic acids is 1. The summed E-state index contributed by atoms with van der Waals surface area (Å²) < 4.78 is 5.20. The van der Waals surface area contributed by atoms with Gasteiger partial charge in [-0.25, -0.2) is 4.79 Å². The number of benzene rings is 1. The van der Waals surface area contributed by atoms with Gasteiger partial charge in [-0.2, -0.15) is 0 Å². The molecule has 1 aromatic rings. The zero-order chi connectivity index (χ0) is 12.6. The second-order valence-electron chi connectivity index (χ2n) is 2.90. The van der Waals surface area contributed by atoms with Gasteiger partial charge < -0.3 is 9.84 Å². The number of aryl methyl sites for hydroxylation is 1. The quantitative estimate of drug-likeness (QED) is 0.795. The van der Waals surface area contributed by atoms with Crippen LogP contribution in [0.4, 0.5) is 0 Å². The molecule has 3 heteroatoms. The Kier molecular flexibility index (Phi) is 6.68. The second-order valence-corrected chi connectivity index (χ2v) is 2.90. The smallest absolute Gasteiger partial charge is 0.339 e. The molecule has 1 aromatic carbocycles. The molecular weight excluding hydrogens is 204 g/mol. The molecule has 0 fully saturated rings. The minimum Gasteiger partial charge on any atom is -0.489 e. The highest BCUT2D eigenvalue weighted by molar-refractivity contribution is 5.91. The molecule has 0 aliphatic carbocycles. The Hall–Kier alpha value is -1.77. The van der Waals surface area contributed by atoms with E-state index in [0.29, 0.717) is 12.4 Å². The predicted molar refractivity (Wildman–Crippen MR) is 65.2 cm³/mol. The Morgan fingerprint density at radius 3 is 2.62 bits per heavy atom. The van der Waals surface area contributed by atoms with Crippen LogP contribution in [0.1, 0.15) is 29.8 Å². The molecule has 1 rings (SSSR count). The molecule has 0 bridgehead atoms. The van der Waals surface area contributed by atoms with E-state index < -0.39 is 5.97 Å². The second kappa shape index (κ2) is 7.51. The summed E-state index contributed by atoms with van der Waals surface area (Å²) in [5.74, 6) is -0.601. The van der Waals surface area contributed by atoms with Crippen molar-refractivity contribution in [3.63, 3.8) is 0 Å². The van der Waals surface area contributed by atoms with Gasteiger partial charge in [0.1, 0.15) is 17.9 Å². The van der Waals surface area contributed by atoms with E-state index in [4.69, 9.17) is 9.84 Å². The van der Waals surface area contributed by atoms with Gasteiger partial charge in [0.15, 0.2) is 0 Å². The number of hydrogen-bond donors (Lipinski definition) is 1. The van der Waals surface area contributed by atoms with Crippen LogP contribution in [0.2, 0.25) is 0 Å². The largest absolute Gasteiger partial charge is 0.489 e. The van der Waals surface area contributed by atoms with Crippen LogP contribution in [0.3, 0.4) is 0 Å². The summed E-state index contributed by atoms with van der Waals surface area (Å²) in [6.07, 6.45) is 1.57. The topological polar surface area (TPSA) is 46.5 Å². The first kappa shape index (κ1) is 14.2. The van der Waals surface area contributed by atoms with Gasteiger partial charge in [-0.1, -0.05) is 38.1 Å². The third kappa shape index (κ3) is 4.17. The third-order valence-corrected chi connectivity index (χ3v) is 1.72. The van der Waals surface area contributed by atoms with E-state index in [1.54, 1.807) is 18.2 Å². The van der Waals surface area contributed by atoms with Gasteiger partial charge in [0.05, 0.1) is 0 Å². The highest BCUT2D eigenvalue weighted by atomic mass is 16.5. The maximum Gasteiger partial charge on any atom is 0.339 e. The number of rotatable bonds is 4. The summed E-state index contributed by atoms with van der Waals surface area (Å²) >= 11 is 0. The molecule has 0 radical (unpaired) electrons. The molecule has 1 N–H and O–H groups in total. The summed E-state index contributed by atoms with van der Waals surface area (Å²) in [7, 11) is 0. The van der Waals surface area contributed by atoms with Crippen molar-refractivity contribution >= 4 is 5.97 Å². The summed E-state index contributed by atoms with van der Waals surface area (Å²) in [5.41, 5.74) is 1.08. The van der Waals surface area contributed by atoms with Crippen LogP contribution in [0, 0.1) is 6.92 Å². The Labute approximate surface area is 96.4 Å². The van der Waals surface area contributed by atoms with E-state index in [1.807, 2.05) is 26.8 Å². The van der Waals surface area contributed by atoms with Gasteiger partial charge in [-0.05, 0) is 19.1 Å². The molecule has 0 atom stereocenters. The standard InChI is InChI=1S/C11H12O3.C2H6/c1-3-6-14-10-5-4-8(2)7-9(10)11(12)13;1-2/h3-5,7H,1,6H2,2H3,(H,12,13);1-2H3. The molecule has 0 aliphatic heterocycles. The average molecular weight is 222 g/mol. The first-order valence-electron chi connectivity index (χ1n) is 5.23. The molecule has 3 nitrogen and oxygen atoms in total. The fourth-order valence-corrected chi connectivity index (χ4v) is 1.09. The van der Waals surface area contributed by atoms with Crippen LogP contribution in [0.25, 0.3) is 0 Å². The van der Waals surface area contributed by atoms with E-state index in [0.717, 1.165) is 5.56 Å². The molecule has 0 amide bonds. The number of carboxylic acid groups (broad SMARTS) is 1. The average Bonchev–Trinajstić information content (AvgIpc) is 2.30. The van der Waals surface area contributed by atoms with Gasteiger partial charge in [0, 0.05) is 0 Å².